The monoisotopic (exact) mass is 234 g/mol. The van der Waals surface area contributed by atoms with E-state index >= 15 is 0 Å². The average Bonchev–Trinajstić information content (AvgIpc) is 2.85. The Hall–Kier alpha value is -1.02. The van der Waals surface area contributed by atoms with Gasteiger partial charge in [0.15, 0.2) is 0 Å². The Morgan fingerprint density at radius 3 is 2.41 bits per heavy atom. The highest BCUT2D eigenvalue weighted by molar-refractivity contribution is 5.44. The Labute approximate surface area is 104 Å². The van der Waals surface area contributed by atoms with E-state index in [9.17, 15) is 5.11 Å². The summed E-state index contributed by atoms with van der Waals surface area (Å²) in [6.45, 7) is 9.41. The Balaban J connectivity index is 2.33. The maximum Gasteiger partial charge on any atom is 0.122 e. The topological polar surface area (TPSA) is 29.5 Å². The van der Waals surface area contributed by atoms with Crippen molar-refractivity contribution in [3.05, 3.63) is 29.3 Å². The van der Waals surface area contributed by atoms with E-state index in [0.717, 1.165) is 17.7 Å². The van der Waals surface area contributed by atoms with Crippen LogP contribution in [0, 0.1) is 12.3 Å². The molecule has 1 N–H and O–H groups in total. The summed E-state index contributed by atoms with van der Waals surface area (Å²) in [4.78, 5) is 0. The lowest BCUT2D eigenvalue weighted by Gasteiger charge is -2.20. The van der Waals surface area contributed by atoms with Gasteiger partial charge in [-0.1, -0.05) is 26.0 Å². The first-order valence-corrected chi connectivity index (χ1v) is 6.31. The number of benzene rings is 1. The van der Waals surface area contributed by atoms with E-state index in [-0.39, 0.29) is 17.4 Å². The van der Waals surface area contributed by atoms with Gasteiger partial charge in [0.2, 0.25) is 0 Å². The molecule has 94 valence electrons. The van der Waals surface area contributed by atoms with Crippen molar-refractivity contribution in [3.63, 3.8) is 0 Å². The van der Waals surface area contributed by atoms with Crippen LogP contribution in [0.4, 0.5) is 0 Å². The summed E-state index contributed by atoms with van der Waals surface area (Å²) in [6.07, 6.45) is 1.06. The first kappa shape index (κ1) is 12.4. The quantitative estimate of drug-likeness (QED) is 0.867. The molecule has 0 bridgehead atoms. The molecule has 2 heteroatoms. The fourth-order valence-electron chi connectivity index (χ4n) is 2.83. The fourth-order valence-corrected chi connectivity index (χ4v) is 2.83. The Bertz CT molecular complexity index is 423. The lowest BCUT2D eigenvalue weighted by atomic mass is 9.88. The van der Waals surface area contributed by atoms with Gasteiger partial charge in [0, 0.05) is 5.41 Å². The maximum absolute atomic E-state index is 9.68. The van der Waals surface area contributed by atoms with Gasteiger partial charge < -0.3 is 9.84 Å². The summed E-state index contributed by atoms with van der Waals surface area (Å²) in [6, 6.07) is 6.29. The van der Waals surface area contributed by atoms with Gasteiger partial charge in [-0.3, -0.25) is 0 Å². The summed E-state index contributed by atoms with van der Waals surface area (Å²) in [5.74, 6) is 0.947. The molecule has 0 aliphatic heterocycles. The van der Waals surface area contributed by atoms with Crippen molar-refractivity contribution in [1.29, 1.82) is 0 Å². The maximum atomic E-state index is 9.68. The lowest BCUT2D eigenvalue weighted by Crippen LogP contribution is -2.19. The van der Waals surface area contributed by atoms with Gasteiger partial charge in [-0.25, -0.2) is 0 Å². The zero-order chi connectivity index (χ0) is 12.7. The van der Waals surface area contributed by atoms with Crippen LogP contribution in [0.25, 0.3) is 0 Å². The Morgan fingerprint density at radius 1 is 1.35 bits per heavy atom. The van der Waals surface area contributed by atoms with Crippen LogP contribution in [-0.2, 0) is 5.41 Å². The van der Waals surface area contributed by atoms with Gasteiger partial charge in [-0.2, -0.15) is 0 Å². The summed E-state index contributed by atoms with van der Waals surface area (Å²) in [5.41, 5.74) is 2.56. The molecule has 1 fully saturated rings. The minimum atomic E-state index is -0.0392. The Morgan fingerprint density at radius 2 is 2.00 bits per heavy atom. The third-order valence-corrected chi connectivity index (χ3v) is 4.21. The van der Waals surface area contributed by atoms with E-state index < -0.39 is 0 Å². The molecule has 2 nitrogen and oxygen atoms in total. The van der Waals surface area contributed by atoms with E-state index in [1.54, 1.807) is 0 Å². The van der Waals surface area contributed by atoms with E-state index in [4.69, 9.17) is 4.74 Å². The van der Waals surface area contributed by atoms with Crippen LogP contribution in [0.5, 0.6) is 5.75 Å². The second kappa shape index (κ2) is 4.02. The predicted molar refractivity (Wildman–Crippen MR) is 69.5 cm³/mol. The lowest BCUT2D eigenvalue weighted by molar-refractivity contribution is 0.231. The highest BCUT2D eigenvalue weighted by Crippen LogP contribution is 2.64. The van der Waals surface area contributed by atoms with Crippen molar-refractivity contribution in [2.75, 3.05) is 13.2 Å². The van der Waals surface area contributed by atoms with Gasteiger partial charge in [-0.15, -0.1) is 0 Å². The van der Waals surface area contributed by atoms with Crippen molar-refractivity contribution in [3.8, 4) is 5.75 Å². The molecule has 1 unspecified atom stereocenters. The predicted octanol–water partition coefficient (Wildman–Crippen LogP) is 3.05. The van der Waals surface area contributed by atoms with Crippen LogP contribution in [-0.4, -0.2) is 18.3 Å². The van der Waals surface area contributed by atoms with E-state index in [1.165, 1.54) is 5.56 Å². The highest BCUT2D eigenvalue weighted by Gasteiger charge is 2.61. The van der Waals surface area contributed by atoms with E-state index in [0.29, 0.717) is 6.61 Å². The molecule has 0 saturated heterocycles. The standard InChI is InChI=1S/C15H22O2/c1-5-17-13-7-6-12(8-11(13)2)15(10-16)9-14(15,3)4/h6-8,16H,5,9-10H2,1-4H3. The molecule has 1 aromatic carbocycles. The van der Waals surface area contributed by atoms with Crippen molar-refractivity contribution in [2.45, 2.75) is 39.5 Å². The molecule has 0 aromatic heterocycles. The van der Waals surface area contributed by atoms with Crippen molar-refractivity contribution < 1.29 is 9.84 Å². The molecule has 0 spiro atoms. The largest absolute Gasteiger partial charge is 0.494 e. The molecular weight excluding hydrogens is 212 g/mol. The van der Waals surface area contributed by atoms with Crippen LogP contribution in [0.3, 0.4) is 0 Å². The molecule has 0 heterocycles. The number of aryl methyl sites for hydroxylation is 1. The number of hydrogen-bond acceptors (Lipinski definition) is 2. The number of rotatable bonds is 4. The second-order valence-corrected chi connectivity index (χ2v) is 5.71. The average molecular weight is 234 g/mol. The number of aliphatic hydroxyl groups excluding tert-OH is 1. The van der Waals surface area contributed by atoms with Gasteiger partial charge in [0.1, 0.15) is 5.75 Å². The number of hydrogen-bond donors (Lipinski definition) is 1. The zero-order valence-electron chi connectivity index (χ0n) is 11.2. The first-order valence-electron chi connectivity index (χ1n) is 6.31. The fraction of sp³-hybridized carbons (Fsp3) is 0.600. The van der Waals surface area contributed by atoms with Crippen molar-refractivity contribution in [1.82, 2.24) is 0 Å². The molecule has 0 radical (unpaired) electrons. The Kier molecular flexibility index (Phi) is 2.94. The summed E-state index contributed by atoms with van der Waals surface area (Å²) in [7, 11) is 0. The SMILES string of the molecule is CCOc1ccc(C2(CO)CC2(C)C)cc1C. The summed E-state index contributed by atoms with van der Waals surface area (Å²) < 4.78 is 5.55. The first-order chi connectivity index (χ1) is 7.97. The van der Waals surface area contributed by atoms with Crippen molar-refractivity contribution in [2.24, 2.45) is 5.41 Å². The van der Waals surface area contributed by atoms with Crippen LogP contribution in [0.2, 0.25) is 0 Å². The van der Waals surface area contributed by atoms with Crippen molar-refractivity contribution >= 4 is 0 Å². The smallest absolute Gasteiger partial charge is 0.122 e. The third kappa shape index (κ3) is 1.85. The number of ether oxygens (including phenoxy) is 1. The third-order valence-electron chi connectivity index (χ3n) is 4.21. The van der Waals surface area contributed by atoms with Crippen LogP contribution in [0.1, 0.15) is 38.3 Å². The van der Waals surface area contributed by atoms with E-state index in [2.05, 4.69) is 32.9 Å². The van der Waals surface area contributed by atoms with E-state index in [1.807, 2.05) is 13.0 Å². The number of aliphatic hydroxyl groups is 1. The molecule has 1 aliphatic rings. The normalized spacial score (nSPS) is 25.7. The molecule has 1 aromatic rings. The molecule has 1 atom stereocenters. The van der Waals surface area contributed by atoms with Gasteiger partial charge >= 0.3 is 0 Å². The summed E-state index contributed by atoms with van der Waals surface area (Å²) >= 11 is 0. The van der Waals surface area contributed by atoms with Crippen LogP contribution in [0.15, 0.2) is 18.2 Å². The molecule has 2 rings (SSSR count). The molecule has 17 heavy (non-hydrogen) atoms. The summed E-state index contributed by atoms with van der Waals surface area (Å²) in [5, 5.41) is 9.68. The molecular formula is C15H22O2. The minimum absolute atomic E-state index is 0.0392. The molecule has 1 aliphatic carbocycles. The second-order valence-electron chi connectivity index (χ2n) is 5.71. The van der Waals surface area contributed by atoms with Crippen LogP contribution >= 0.6 is 0 Å². The highest BCUT2D eigenvalue weighted by atomic mass is 16.5. The van der Waals surface area contributed by atoms with Gasteiger partial charge in [0.05, 0.1) is 13.2 Å². The minimum Gasteiger partial charge on any atom is -0.494 e. The van der Waals surface area contributed by atoms with Gasteiger partial charge in [-0.05, 0) is 42.9 Å². The molecule has 1 saturated carbocycles. The molecule has 0 amide bonds. The zero-order valence-corrected chi connectivity index (χ0v) is 11.2. The van der Waals surface area contributed by atoms with Gasteiger partial charge in [0.25, 0.3) is 0 Å². The van der Waals surface area contributed by atoms with Crippen LogP contribution < -0.4 is 4.74 Å².